The van der Waals surface area contributed by atoms with Gasteiger partial charge in [0.05, 0.1) is 18.0 Å². The number of nitriles is 1. The van der Waals surface area contributed by atoms with Crippen molar-refractivity contribution in [3.05, 3.63) is 28.9 Å². The molecule has 0 bridgehead atoms. The molecule has 0 aliphatic rings. The van der Waals surface area contributed by atoms with Gasteiger partial charge in [-0.1, -0.05) is 31.2 Å². The zero-order valence-electron chi connectivity index (χ0n) is 12.7. The summed E-state index contributed by atoms with van der Waals surface area (Å²) in [5.74, 6) is 0. The summed E-state index contributed by atoms with van der Waals surface area (Å²) in [6.45, 7) is 8.18. The van der Waals surface area contributed by atoms with E-state index in [0.29, 0.717) is 18.2 Å². The molecule has 0 fully saturated rings. The van der Waals surface area contributed by atoms with Crippen LogP contribution in [0.4, 0.5) is 0 Å². The normalized spacial score (nSPS) is 11.8. The van der Waals surface area contributed by atoms with Gasteiger partial charge < -0.3 is 4.74 Å². The van der Waals surface area contributed by atoms with E-state index in [1.54, 1.807) is 10.7 Å². The lowest BCUT2D eigenvalue weighted by molar-refractivity contribution is 0.0791. The summed E-state index contributed by atoms with van der Waals surface area (Å²) in [5, 5.41) is 15.0. The van der Waals surface area contributed by atoms with E-state index in [4.69, 9.17) is 21.6 Å². The third-order valence-electron chi connectivity index (χ3n) is 3.19. The van der Waals surface area contributed by atoms with Crippen molar-refractivity contribution in [2.75, 3.05) is 6.61 Å². The maximum Gasteiger partial charge on any atom is 0.139 e. The van der Waals surface area contributed by atoms with Crippen LogP contribution in [0.2, 0.25) is 30.7 Å². The Hall–Kier alpha value is -1.35. The first-order valence-electron chi connectivity index (χ1n) is 6.99. The van der Waals surface area contributed by atoms with E-state index in [-0.39, 0.29) is 0 Å². The van der Waals surface area contributed by atoms with E-state index in [1.807, 2.05) is 12.3 Å². The van der Waals surface area contributed by atoms with E-state index < -0.39 is 8.07 Å². The van der Waals surface area contributed by atoms with Crippen LogP contribution in [0, 0.1) is 11.3 Å². The Morgan fingerprint density at radius 1 is 1.38 bits per heavy atom. The Bertz CT molecular complexity index is 670. The maximum absolute atomic E-state index is 8.88. The second kappa shape index (κ2) is 6.61. The molecule has 0 aliphatic carbocycles. The molecule has 21 heavy (non-hydrogen) atoms. The van der Waals surface area contributed by atoms with Crippen molar-refractivity contribution in [2.24, 2.45) is 0 Å². The summed E-state index contributed by atoms with van der Waals surface area (Å²) in [7, 11) is -1.06. The fourth-order valence-electron chi connectivity index (χ4n) is 2.04. The summed E-state index contributed by atoms with van der Waals surface area (Å²) in [5.41, 5.74) is 1.69. The van der Waals surface area contributed by atoms with Gasteiger partial charge in [-0.05, 0) is 23.7 Å². The van der Waals surface area contributed by atoms with Gasteiger partial charge in [0, 0.05) is 31.3 Å². The Morgan fingerprint density at radius 3 is 2.81 bits per heavy atom. The largest absolute Gasteiger partial charge is 0.360 e. The molecule has 0 amide bonds. The van der Waals surface area contributed by atoms with Gasteiger partial charge in [0.2, 0.25) is 0 Å². The van der Waals surface area contributed by atoms with Crippen molar-refractivity contribution in [3.63, 3.8) is 0 Å². The van der Waals surface area contributed by atoms with Crippen LogP contribution in [0.25, 0.3) is 10.9 Å². The van der Waals surface area contributed by atoms with Gasteiger partial charge in [0.1, 0.15) is 6.73 Å². The molecular weight excluding hydrogens is 302 g/mol. The Labute approximate surface area is 131 Å². The van der Waals surface area contributed by atoms with E-state index >= 15 is 0 Å². The quantitative estimate of drug-likeness (QED) is 0.595. The fourth-order valence-corrected chi connectivity index (χ4v) is 3.05. The van der Waals surface area contributed by atoms with Crippen molar-refractivity contribution < 1.29 is 4.74 Å². The molecule has 0 N–H and O–H groups in total. The minimum atomic E-state index is -1.06. The SMILES string of the molecule is C[Si](C)(C)CCOCn1cc2cc(Cl)cc(CC#N)c2n1. The second-order valence-electron chi connectivity index (χ2n) is 6.35. The van der Waals surface area contributed by atoms with Gasteiger partial charge in [-0.15, -0.1) is 0 Å². The van der Waals surface area contributed by atoms with Crippen LogP contribution >= 0.6 is 11.6 Å². The van der Waals surface area contributed by atoms with Gasteiger partial charge in [0.25, 0.3) is 0 Å². The molecule has 2 rings (SSSR count). The van der Waals surface area contributed by atoms with Crippen LogP contribution in [0.5, 0.6) is 0 Å². The summed E-state index contributed by atoms with van der Waals surface area (Å²) in [6, 6.07) is 6.95. The highest BCUT2D eigenvalue weighted by atomic mass is 35.5. The van der Waals surface area contributed by atoms with E-state index in [0.717, 1.165) is 29.1 Å². The van der Waals surface area contributed by atoms with E-state index in [2.05, 4.69) is 30.8 Å². The highest BCUT2D eigenvalue weighted by molar-refractivity contribution is 6.76. The number of halogens is 1. The van der Waals surface area contributed by atoms with Crippen molar-refractivity contribution in [1.82, 2.24) is 9.78 Å². The zero-order valence-corrected chi connectivity index (χ0v) is 14.4. The predicted molar refractivity (Wildman–Crippen MR) is 88.2 cm³/mol. The van der Waals surface area contributed by atoms with Crippen molar-refractivity contribution in [1.29, 1.82) is 5.26 Å². The van der Waals surface area contributed by atoms with Crippen LogP contribution in [0.15, 0.2) is 18.3 Å². The smallest absolute Gasteiger partial charge is 0.139 e. The minimum Gasteiger partial charge on any atom is -0.360 e. The van der Waals surface area contributed by atoms with Crippen molar-refractivity contribution in [3.8, 4) is 6.07 Å². The van der Waals surface area contributed by atoms with Gasteiger partial charge >= 0.3 is 0 Å². The molecule has 0 unspecified atom stereocenters. The van der Waals surface area contributed by atoms with Gasteiger partial charge in [-0.3, -0.25) is 0 Å². The third-order valence-corrected chi connectivity index (χ3v) is 5.11. The van der Waals surface area contributed by atoms with Gasteiger partial charge in [-0.2, -0.15) is 10.4 Å². The monoisotopic (exact) mass is 321 g/mol. The number of ether oxygens (including phenoxy) is 1. The third kappa shape index (κ3) is 4.56. The predicted octanol–water partition coefficient (Wildman–Crippen LogP) is 4.07. The van der Waals surface area contributed by atoms with Crippen molar-refractivity contribution in [2.45, 2.75) is 38.8 Å². The van der Waals surface area contributed by atoms with Crippen LogP contribution in [-0.2, 0) is 17.9 Å². The molecule has 4 nitrogen and oxygen atoms in total. The molecule has 2 aromatic rings. The topological polar surface area (TPSA) is 50.8 Å². The molecule has 0 radical (unpaired) electrons. The number of hydrogen-bond acceptors (Lipinski definition) is 3. The lowest BCUT2D eigenvalue weighted by Gasteiger charge is -2.15. The lowest BCUT2D eigenvalue weighted by atomic mass is 10.1. The molecule has 0 saturated carbocycles. The maximum atomic E-state index is 8.88. The summed E-state index contributed by atoms with van der Waals surface area (Å²) in [6.07, 6.45) is 2.22. The van der Waals surface area contributed by atoms with Crippen LogP contribution in [0.1, 0.15) is 5.56 Å². The summed E-state index contributed by atoms with van der Waals surface area (Å²) < 4.78 is 7.46. The Balaban J connectivity index is 2.09. The van der Waals surface area contributed by atoms with Crippen LogP contribution in [0.3, 0.4) is 0 Å². The van der Waals surface area contributed by atoms with Crippen molar-refractivity contribution >= 4 is 30.6 Å². The van der Waals surface area contributed by atoms with Crippen LogP contribution < -0.4 is 0 Å². The van der Waals surface area contributed by atoms with Crippen LogP contribution in [-0.4, -0.2) is 24.5 Å². The average Bonchev–Trinajstić information content (AvgIpc) is 2.77. The number of nitrogens with zero attached hydrogens (tertiary/aromatic N) is 3. The molecule has 0 aliphatic heterocycles. The summed E-state index contributed by atoms with van der Waals surface area (Å²) in [4.78, 5) is 0. The number of hydrogen-bond donors (Lipinski definition) is 0. The highest BCUT2D eigenvalue weighted by Crippen LogP contribution is 2.23. The molecule has 1 heterocycles. The number of rotatable bonds is 6. The second-order valence-corrected chi connectivity index (χ2v) is 12.4. The molecule has 0 atom stereocenters. The molecule has 0 saturated heterocycles. The first-order chi connectivity index (χ1) is 9.89. The first-order valence-corrected chi connectivity index (χ1v) is 11.1. The molecule has 1 aromatic heterocycles. The number of benzene rings is 1. The number of aromatic nitrogens is 2. The fraction of sp³-hybridized carbons (Fsp3) is 0.467. The standard InChI is InChI=1S/C15H20ClN3OSi/c1-21(2,3)7-6-20-11-19-10-13-9-14(16)8-12(4-5-17)15(13)18-19/h8-10H,4,6-7,11H2,1-3H3. The Morgan fingerprint density at radius 2 is 2.14 bits per heavy atom. The minimum absolute atomic E-state index is 0.310. The molecule has 0 spiro atoms. The van der Waals surface area contributed by atoms with Gasteiger partial charge in [0.15, 0.2) is 0 Å². The highest BCUT2D eigenvalue weighted by Gasteiger charge is 2.12. The molecule has 1 aromatic carbocycles. The van der Waals surface area contributed by atoms with E-state index in [1.165, 1.54) is 0 Å². The first kappa shape index (κ1) is 16.0. The molecular formula is C15H20ClN3OSi. The lowest BCUT2D eigenvalue weighted by Crippen LogP contribution is -2.22. The zero-order chi connectivity index (χ0) is 15.5. The Kier molecular flexibility index (Phi) is 5.04. The van der Waals surface area contributed by atoms with Gasteiger partial charge in [-0.25, -0.2) is 4.68 Å². The summed E-state index contributed by atoms with van der Waals surface area (Å²) >= 11 is 6.07. The number of fused-ring (bicyclic) bond motifs is 1. The molecule has 6 heteroatoms. The average molecular weight is 322 g/mol. The molecule has 112 valence electrons. The van der Waals surface area contributed by atoms with E-state index in [9.17, 15) is 0 Å².